The van der Waals surface area contributed by atoms with Crippen molar-refractivity contribution in [1.29, 1.82) is 5.26 Å². The predicted molar refractivity (Wildman–Crippen MR) is 88.5 cm³/mol. The second-order valence-corrected chi connectivity index (χ2v) is 7.01. The zero-order valence-electron chi connectivity index (χ0n) is 13.8. The molecule has 0 bridgehead atoms. The fraction of sp³-hybridized carbons (Fsp3) is 0.389. The van der Waals surface area contributed by atoms with Crippen molar-refractivity contribution in [3.05, 3.63) is 35.5 Å². The summed E-state index contributed by atoms with van der Waals surface area (Å²) < 4.78 is 26.8. The molecule has 1 saturated heterocycles. The van der Waals surface area contributed by atoms with Gasteiger partial charge in [0.25, 0.3) is 11.8 Å². The summed E-state index contributed by atoms with van der Waals surface area (Å²) >= 11 is 0. The molecule has 2 aromatic rings. The number of H-pyrrole nitrogens is 1. The lowest BCUT2D eigenvalue weighted by Crippen LogP contribution is -2.39. The Morgan fingerprint density at radius 3 is 2.77 bits per heavy atom. The van der Waals surface area contributed by atoms with E-state index >= 15 is 0 Å². The number of benzene rings is 1. The number of alkyl halides is 2. The van der Waals surface area contributed by atoms with Gasteiger partial charge in [0.1, 0.15) is 5.69 Å². The van der Waals surface area contributed by atoms with Crippen LogP contribution in [0.5, 0.6) is 0 Å². The van der Waals surface area contributed by atoms with Crippen LogP contribution in [0.3, 0.4) is 0 Å². The van der Waals surface area contributed by atoms with Gasteiger partial charge in [-0.15, -0.1) is 0 Å². The third-order valence-electron chi connectivity index (χ3n) is 5.31. The van der Waals surface area contributed by atoms with Gasteiger partial charge in [-0.25, -0.2) is 8.78 Å². The molecule has 1 aliphatic heterocycles. The number of halogens is 2. The van der Waals surface area contributed by atoms with E-state index < -0.39 is 17.2 Å². The first-order valence-corrected chi connectivity index (χ1v) is 8.30. The van der Waals surface area contributed by atoms with Crippen molar-refractivity contribution >= 4 is 22.7 Å². The van der Waals surface area contributed by atoms with E-state index in [9.17, 15) is 18.4 Å². The van der Waals surface area contributed by atoms with Crippen LogP contribution in [0.1, 0.15) is 28.9 Å². The third kappa shape index (κ3) is 2.60. The quantitative estimate of drug-likeness (QED) is 0.880. The summed E-state index contributed by atoms with van der Waals surface area (Å²) in [4.78, 5) is 28.7. The minimum Gasteiger partial charge on any atom is -0.350 e. The number of nitrogens with zero attached hydrogens (tertiary/aromatic N) is 2. The van der Waals surface area contributed by atoms with Gasteiger partial charge >= 0.3 is 0 Å². The number of rotatable bonds is 3. The zero-order valence-corrected chi connectivity index (χ0v) is 13.8. The zero-order chi connectivity index (χ0) is 18.5. The van der Waals surface area contributed by atoms with Gasteiger partial charge in [-0.1, -0.05) is 6.07 Å². The molecule has 2 fully saturated rings. The molecule has 134 valence electrons. The second kappa shape index (κ2) is 5.53. The smallest absolute Gasteiger partial charge is 0.268 e. The number of hydrogen-bond donors (Lipinski definition) is 2. The SMILES string of the molecule is N#Cc1ccc2cc(C(=O)NCC(=O)N3CCC4(C3)CC4(F)F)[nH]c2c1. The number of hydrogen-bond acceptors (Lipinski definition) is 3. The Bertz CT molecular complexity index is 962. The molecule has 0 radical (unpaired) electrons. The Labute approximate surface area is 147 Å². The van der Waals surface area contributed by atoms with Gasteiger partial charge in [-0.2, -0.15) is 5.26 Å². The lowest BCUT2D eigenvalue weighted by atomic mass is 10.1. The van der Waals surface area contributed by atoms with Crippen molar-refractivity contribution in [3.63, 3.8) is 0 Å². The number of amides is 2. The van der Waals surface area contributed by atoms with Crippen LogP contribution in [0.15, 0.2) is 24.3 Å². The van der Waals surface area contributed by atoms with Crippen LogP contribution >= 0.6 is 0 Å². The number of aromatic amines is 1. The summed E-state index contributed by atoms with van der Waals surface area (Å²) in [7, 11) is 0. The third-order valence-corrected chi connectivity index (χ3v) is 5.31. The average molecular weight is 358 g/mol. The van der Waals surface area contributed by atoms with Crippen molar-refractivity contribution in [2.75, 3.05) is 19.6 Å². The van der Waals surface area contributed by atoms with Crippen LogP contribution in [0, 0.1) is 16.7 Å². The number of aromatic nitrogens is 1. The Hall–Kier alpha value is -2.95. The van der Waals surface area contributed by atoms with Crippen LogP contribution in [-0.4, -0.2) is 47.3 Å². The Balaban J connectivity index is 1.37. The van der Waals surface area contributed by atoms with Crippen molar-refractivity contribution < 1.29 is 18.4 Å². The highest BCUT2D eigenvalue weighted by Gasteiger charge is 2.72. The summed E-state index contributed by atoms with van der Waals surface area (Å²) in [5, 5.41) is 12.2. The number of nitrogens with one attached hydrogen (secondary N) is 2. The first-order valence-electron chi connectivity index (χ1n) is 8.30. The van der Waals surface area contributed by atoms with Gasteiger partial charge in [-0.3, -0.25) is 9.59 Å². The topological polar surface area (TPSA) is 89.0 Å². The first-order chi connectivity index (χ1) is 12.3. The maximum absolute atomic E-state index is 13.4. The van der Waals surface area contributed by atoms with Crippen molar-refractivity contribution in [1.82, 2.24) is 15.2 Å². The van der Waals surface area contributed by atoms with Crippen LogP contribution in [-0.2, 0) is 4.79 Å². The Kier molecular flexibility index (Phi) is 3.51. The normalized spacial score (nSPS) is 23.2. The van der Waals surface area contributed by atoms with Crippen LogP contribution in [0.2, 0.25) is 0 Å². The van der Waals surface area contributed by atoms with Gasteiger partial charge in [0.15, 0.2) is 0 Å². The van der Waals surface area contributed by atoms with Gasteiger partial charge in [0.05, 0.1) is 23.6 Å². The molecule has 1 saturated carbocycles. The molecule has 2 aliphatic rings. The number of fused-ring (bicyclic) bond motifs is 1. The molecule has 2 amide bonds. The first kappa shape index (κ1) is 16.5. The van der Waals surface area contributed by atoms with Crippen molar-refractivity contribution in [2.24, 2.45) is 5.41 Å². The minimum absolute atomic E-state index is 0.0536. The van der Waals surface area contributed by atoms with E-state index in [0.717, 1.165) is 5.39 Å². The molecule has 8 heteroatoms. The molecule has 1 aliphatic carbocycles. The molecule has 2 N–H and O–H groups in total. The summed E-state index contributed by atoms with van der Waals surface area (Å²) in [6.07, 6.45) is 0.152. The predicted octanol–water partition coefficient (Wildman–Crippen LogP) is 2.03. The molecule has 6 nitrogen and oxygen atoms in total. The van der Waals surface area contributed by atoms with E-state index in [1.54, 1.807) is 24.3 Å². The van der Waals surface area contributed by atoms with E-state index in [2.05, 4.69) is 10.3 Å². The summed E-state index contributed by atoms with van der Waals surface area (Å²) in [6.45, 7) is 0.116. The molecule has 1 aromatic heterocycles. The number of nitriles is 1. The summed E-state index contributed by atoms with van der Waals surface area (Å²) in [6, 6.07) is 8.67. The number of carbonyl (C=O) groups excluding carboxylic acids is 2. The maximum Gasteiger partial charge on any atom is 0.268 e. The fourth-order valence-electron chi connectivity index (χ4n) is 3.59. The molecule has 1 unspecified atom stereocenters. The molecule has 1 spiro atoms. The van der Waals surface area contributed by atoms with Crippen LogP contribution in [0.25, 0.3) is 10.9 Å². The molecule has 4 rings (SSSR count). The standard InChI is InChI=1S/C18H16F2N4O2/c19-18(20)9-17(18)3-4-24(10-17)15(25)8-22-16(26)14-6-12-2-1-11(7-21)5-13(12)23-14/h1-2,5-6,23H,3-4,8-10H2,(H,22,26). The van der Waals surface area contributed by atoms with Crippen LogP contribution < -0.4 is 5.32 Å². The largest absolute Gasteiger partial charge is 0.350 e. The molecular weight excluding hydrogens is 342 g/mol. The lowest BCUT2D eigenvalue weighted by Gasteiger charge is -2.16. The Morgan fingerprint density at radius 2 is 2.12 bits per heavy atom. The van der Waals surface area contributed by atoms with E-state index in [4.69, 9.17) is 5.26 Å². The van der Waals surface area contributed by atoms with Gasteiger partial charge in [0, 0.05) is 30.4 Å². The fourth-order valence-corrected chi connectivity index (χ4v) is 3.59. The van der Waals surface area contributed by atoms with E-state index in [0.29, 0.717) is 24.0 Å². The summed E-state index contributed by atoms with van der Waals surface area (Å²) in [5.74, 6) is -3.49. The van der Waals surface area contributed by atoms with E-state index in [1.807, 2.05) is 6.07 Å². The molecule has 1 aromatic carbocycles. The molecule has 26 heavy (non-hydrogen) atoms. The maximum atomic E-state index is 13.4. The molecule has 2 heterocycles. The van der Waals surface area contributed by atoms with E-state index in [-0.39, 0.29) is 31.1 Å². The monoisotopic (exact) mass is 358 g/mol. The van der Waals surface area contributed by atoms with E-state index in [1.165, 1.54) is 4.90 Å². The van der Waals surface area contributed by atoms with Crippen LogP contribution in [0.4, 0.5) is 8.78 Å². The second-order valence-electron chi connectivity index (χ2n) is 7.01. The highest BCUT2D eigenvalue weighted by Crippen LogP contribution is 2.64. The van der Waals surface area contributed by atoms with Gasteiger partial charge < -0.3 is 15.2 Å². The Morgan fingerprint density at radius 1 is 1.35 bits per heavy atom. The van der Waals surface area contributed by atoms with Crippen molar-refractivity contribution in [2.45, 2.75) is 18.8 Å². The van der Waals surface area contributed by atoms with Gasteiger partial charge in [0.2, 0.25) is 5.91 Å². The highest BCUT2D eigenvalue weighted by atomic mass is 19.3. The lowest BCUT2D eigenvalue weighted by molar-refractivity contribution is -0.129. The molecular formula is C18H16F2N4O2. The number of likely N-dealkylation sites (tertiary alicyclic amines) is 1. The number of carbonyl (C=O) groups is 2. The summed E-state index contributed by atoms with van der Waals surface area (Å²) in [5.41, 5.74) is 0.358. The average Bonchev–Trinajstić information content (AvgIpc) is 3.01. The van der Waals surface area contributed by atoms with Gasteiger partial charge in [-0.05, 0) is 24.6 Å². The molecule has 1 atom stereocenters. The minimum atomic E-state index is -2.67. The highest BCUT2D eigenvalue weighted by molar-refractivity contribution is 5.99. The van der Waals surface area contributed by atoms with Crippen molar-refractivity contribution in [3.8, 4) is 6.07 Å².